The maximum absolute atomic E-state index is 13.2. The number of fused-ring (bicyclic) bond motifs is 2. The molecule has 2 atom stereocenters. The molecular formula is C20H21BrN2O3. The molecule has 26 heavy (non-hydrogen) atoms. The summed E-state index contributed by atoms with van der Waals surface area (Å²) in [6, 6.07) is 11.6. The van der Waals surface area contributed by atoms with E-state index in [2.05, 4.69) is 25.8 Å². The van der Waals surface area contributed by atoms with E-state index in [1.807, 2.05) is 36.4 Å². The van der Waals surface area contributed by atoms with E-state index in [9.17, 15) is 4.79 Å². The van der Waals surface area contributed by atoms with Gasteiger partial charge < -0.3 is 14.4 Å². The molecular weight excluding hydrogens is 396 g/mol. The van der Waals surface area contributed by atoms with E-state index in [1.54, 1.807) is 13.3 Å². The molecule has 4 rings (SSSR count). The van der Waals surface area contributed by atoms with Crippen molar-refractivity contribution in [2.24, 2.45) is 0 Å². The molecule has 2 unspecified atom stereocenters. The first-order chi connectivity index (χ1) is 12.7. The summed E-state index contributed by atoms with van der Waals surface area (Å²) in [5, 5.41) is 0. The van der Waals surface area contributed by atoms with Crippen molar-refractivity contribution in [2.45, 2.75) is 43.9 Å². The van der Waals surface area contributed by atoms with Gasteiger partial charge >= 0.3 is 0 Å². The van der Waals surface area contributed by atoms with Crippen LogP contribution < -0.4 is 9.47 Å². The Balaban J connectivity index is 1.50. The van der Waals surface area contributed by atoms with Crippen LogP contribution in [-0.4, -0.2) is 41.1 Å². The number of amides is 1. The van der Waals surface area contributed by atoms with Crippen LogP contribution in [0, 0.1) is 0 Å². The van der Waals surface area contributed by atoms with E-state index >= 15 is 0 Å². The van der Waals surface area contributed by atoms with Crippen molar-refractivity contribution in [3.05, 3.63) is 52.6 Å². The molecule has 0 radical (unpaired) electrons. The molecule has 0 aliphatic carbocycles. The van der Waals surface area contributed by atoms with Gasteiger partial charge in [0, 0.05) is 41.7 Å². The summed E-state index contributed by atoms with van der Waals surface area (Å²) in [4.78, 5) is 19.5. The molecule has 2 aliphatic rings. The van der Waals surface area contributed by atoms with Gasteiger partial charge in [-0.25, -0.2) is 4.98 Å². The van der Waals surface area contributed by atoms with Gasteiger partial charge in [0.2, 0.25) is 5.88 Å². The molecule has 2 fully saturated rings. The number of carbonyl (C=O) groups is 1. The minimum Gasteiger partial charge on any atom is -0.497 e. The zero-order chi connectivity index (χ0) is 18.1. The quantitative estimate of drug-likeness (QED) is 0.753. The summed E-state index contributed by atoms with van der Waals surface area (Å²) >= 11 is 3.51. The van der Waals surface area contributed by atoms with Crippen molar-refractivity contribution in [2.75, 3.05) is 7.11 Å². The average molecular weight is 417 g/mol. The second kappa shape index (κ2) is 7.27. The fourth-order valence-corrected chi connectivity index (χ4v) is 4.49. The fraction of sp³-hybridized carbons (Fsp3) is 0.400. The fourth-order valence-electron chi connectivity index (χ4n) is 4.08. The summed E-state index contributed by atoms with van der Waals surface area (Å²) in [5.74, 6) is 1.42. The van der Waals surface area contributed by atoms with Gasteiger partial charge in [0.1, 0.15) is 11.9 Å². The van der Waals surface area contributed by atoms with E-state index in [0.717, 1.165) is 30.2 Å². The Morgan fingerprint density at radius 3 is 2.62 bits per heavy atom. The molecule has 2 saturated heterocycles. The smallest absolute Gasteiger partial charge is 0.255 e. The van der Waals surface area contributed by atoms with Crippen molar-refractivity contribution in [3.8, 4) is 11.6 Å². The van der Waals surface area contributed by atoms with Crippen LogP contribution in [0.15, 0.2) is 47.1 Å². The van der Waals surface area contributed by atoms with E-state index in [1.165, 1.54) is 0 Å². The van der Waals surface area contributed by atoms with Crippen LogP contribution in [0.4, 0.5) is 0 Å². The van der Waals surface area contributed by atoms with Crippen molar-refractivity contribution in [3.63, 3.8) is 0 Å². The van der Waals surface area contributed by atoms with Crippen LogP contribution in [0.5, 0.6) is 11.6 Å². The molecule has 2 aliphatic heterocycles. The number of hydrogen-bond acceptors (Lipinski definition) is 4. The van der Waals surface area contributed by atoms with Gasteiger partial charge in [-0.05, 0) is 53.0 Å². The molecule has 2 aromatic rings. The van der Waals surface area contributed by atoms with Gasteiger partial charge in [0.05, 0.1) is 12.7 Å². The second-order valence-corrected chi connectivity index (χ2v) is 7.68. The number of hydrogen-bond donors (Lipinski definition) is 0. The van der Waals surface area contributed by atoms with E-state index in [4.69, 9.17) is 9.47 Å². The largest absolute Gasteiger partial charge is 0.497 e. The van der Waals surface area contributed by atoms with Gasteiger partial charge in [-0.3, -0.25) is 4.79 Å². The SMILES string of the molecule is COc1ccc(Br)c(C(=O)N2C3CCC2CC(Oc2ccccn2)C3)c1. The van der Waals surface area contributed by atoms with E-state index in [-0.39, 0.29) is 24.1 Å². The summed E-state index contributed by atoms with van der Waals surface area (Å²) in [7, 11) is 1.61. The predicted octanol–water partition coefficient (Wildman–Crippen LogP) is 4.07. The zero-order valence-electron chi connectivity index (χ0n) is 14.6. The molecule has 0 spiro atoms. The Morgan fingerprint density at radius 1 is 1.19 bits per heavy atom. The normalized spacial score (nSPS) is 24.4. The van der Waals surface area contributed by atoms with Crippen molar-refractivity contribution < 1.29 is 14.3 Å². The zero-order valence-corrected chi connectivity index (χ0v) is 16.2. The lowest BCUT2D eigenvalue weighted by Crippen LogP contribution is -2.49. The highest BCUT2D eigenvalue weighted by molar-refractivity contribution is 9.10. The van der Waals surface area contributed by atoms with Crippen LogP contribution in [0.1, 0.15) is 36.0 Å². The summed E-state index contributed by atoms with van der Waals surface area (Å²) in [6.45, 7) is 0. The number of aromatic nitrogens is 1. The minimum atomic E-state index is 0.0690. The minimum absolute atomic E-state index is 0.0690. The molecule has 136 valence electrons. The van der Waals surface area contributed by atoms with Gasteiger partial charge in [0.25, 0.3) is 5.91 Å². The van der Waals surface area contributed by atoms with E-state index < -0.39 is 0 Å². The number of rotatable bonds is 4. The Bertz CT molecular complexity index is 785. The lowest BCUT2D eigenvalue weighted by Gasteiger charge is -2.39. The van der Waals surface area contributed by atoms with Crippen LogP contribution in [0.3, 0.4) is 0 Å². The molecule has 2 bridgehead atoms. The topological polar surface area (TPSA) is 51.7 Å². The third-order valence-corrected chi connectivity index (χ3v) is 5.94. The predicted molar refractivity (Wildman–Crippen MR) is 102 cm³/mol. The molecule has 1 aromatic carbocycles. The molecule has 1 aromatic heterocycles. The van der Waals surface area contributed by atoms with Crippen molar-refractivity contribution >= 4 is 21.8 Å². The first-order valence-electron chi connectivity index (χ1n) is 8.89. The number of halogens is 1. The highest BCUT2D eigenvalue weighted by Gasteiger charge is 2.44. The number of ether oxygens (including phenoxy) is 2. The Morgan fingerprint density at radius 2 is 1.96 bits per heavy atom. The monoisotopic (exact) mass is 416 g/mol. The van der Waals surface area contributed by atoms with Crippen LogP contribution in [0.25, 0.3) is 0 Å². The van der Waals surface area contributed by atoms with Gasteiger partial charge in [-0.15, -0.1) is 0 Å². The molecule has 3 heterocycles. The Hall–Kier alpha value is -2.08. The highest BCUT2D eigenvalue weighted by Crippen LogP contribution is 2.39. The van der Waals surface area contributed by atoms with Crippen molar-refractivity contribution in [1.29, 1.82) is 0 Å². The highest BCUT2D eigenvalue weighted by atomic mass is 79.9. The number of nitrogens with zero attached hydrogens (tertiary/aromatic N) is 2. The van der Waals surface area contributed by atoms with Gasteiger partial charge in [0.15, 0.2) is 0 Å². The van der Waals surface area contributed by atoms with Crippen molar-refractivity contribution in [1.82, 2.24) is 9.88 Å². The molecule has 0 N–H and O–H groups in total. The maximum atomic E-state index is 13.2. The number of piperidine rings is 1. The van der Waals surface area contributed by atoms with Crippen LogP contribution in [0.2, 0.25) is 0 Å². The van der Waals surface area contributed by atoms with Crippen LogP contribution >= 0.6 is 15.9 Å². The summed E-state index contributed by atoms with van der Waals surface area (Å²) in [6.07, 6.45) is 5.60. The summed E-state index contributed by atoms with van der Waals surface area (Å²) in [5.41, 5.74) is 0.658. The number of benzene rings is 1. The van der Waals surface area contributed by atoms with Crippen LogP contribution in [-0.2, 0) is 0 Å². The standard InChI is InChI=1S/C20H21BrN2O3/c1-25-15-7-8-18(21)17(12-15)20(24)23-13-5-6-14(23)11-16(10-13)26-19-4-2-3-9-22-19/h2-4,7-9,12-14,16H,5-6,10-11H2,1H3. The molecule has 5 nitrogen and oxygen atoms in total. The molecule has 1 amide bonds. The second-order valence-electron chi connectivity index (χ2n) is 6.82. The third-order valence-electron chi connectivity index (χ3n) is 5.25. The number of carbonyl (C=O) groups excluding carboxylic acids is 1. The lowest BCUT2D eigenvalue weighted by molar-refractivity contribution is 0.0347. The maximum Gasteiger partial charge on any atom is 0.255 e. The number of pyridine rings is 1. The van der Waals surface area contributed by atoms with E-state index in [0.29, 0.717) is 17.2 Å². The first kappa shape index (κ1) is 17.3. The lowest BCUT2D eigenvalue weighted by atomic mass is 9.98. The average Bonchev–Trinajstić information content (AvgIpc) is 2.93. The third kappa shape index (κ3) is 3.30. The van der Waals surface area contributed by atoms with Gasteiger partial charge in [-0.1, -0.05) is 6.07 Å². The first-order valence-corrected chi connectivity index (χ1v) is 9.69. The summed E-state index contributed by atoms with van der Waals surface area (Å²) < 4.78 is 12.1. The Labute approximate surface area is 161 Å². The number of methoxy groups -OCH3 is 1. The molecule has 0 saturated carbocycles. The Kier molecular flexibility index (Phi) is 4.85. The van der Waals surface area contributed by atoms with Gasteiger partial charge in [-0.2, -0.15) is 0 Å². The molecule has 6 heteroatoms.